The number of fused-ring (bicyclic) bond motifs is 1. The van der Waals surface area contributed by atoms with Crippen molar-refractivity contribution in [2.45, 2.75) is 50.2 Å². The number of hydrogen-bond acceptors (Lipinski definition) is 7. The number of carbonyl (C=O) groups excluding carboxylic acids is 1. The van der Waals surface area contributed by atoms with E-state index in [0.717, 1.165) is 71.1 Å². The molecule has 0 aliphatic carbocycles. The van der Waals surface area contributed by atoms with Gasteiger partial charge in [-0.05, 0) is 25.0 Å². The number of furan rings is 1. The van der Waals surface area contributed by atoms with Crippen LogP contribution in [0.5, 0.6) is 0 Å². The van der Waals surface area contributed by atoms with Gasteiger partial charge in [0.05, 0.1) is 26.0 Å². The molecule has 3 fully saturated rings. The van der Waals surface area contributed by atoms with Gasteiger partial charge >= 0.3 is 24.3 Å². The molecule has 3 aliphatic heterocycles. The summed E-state index contributed by atoms with van der Waals surface area (Å²) < 4.78 is 74.4. The number of hydrogen-bond donors (Lipinski definition) is 2. The molecule has 0 saturated carbocycles. The van der Waals surface area contributed by atoms with E-state index in [-0.39, 0.29) is 0 Å². The minimum Gasteiger partial charge on any atom is -0.475 e. The molecule has 2 atom stereocenters. The monoisotopic (exact) mass is 561 g/mol. The van der Waals surface area contributed by atoms with Gasteiger partial charge in [0.1, 0.15) is 5.76 Å². The Balaban J connectivity index is 0.000000301. The third-order valence-electron chi connectivity index (χ3n) is 6.18. The third-order valence-corrected chi connectivity index (χ3v) is 6.18. The molecule has 4 heterocycles. The van der Waals surface area contributed by atoms with Gasteiger partial charge in [-0.3, -0.25) is 14.6 Å². The largest absolute Gasteiger partial charge is 0.490 e. The summed E-state index contributed by atoms with van der Waals surface area (Å²) in [6.45, 7) is 7.34. The van der Waals surface area contributed by atoms with Crippen LogP contribution in [0.4, 0.5) is 26.3 Å². The molecule has 1 aromatic rings. The van der Waals surface area contributed by atoms with Crippen LogP contribution in [-0.2, 0) is 25.7 Å². The number of likely N-dealkylation sites (tertiary alicyclic amines) is 2. The maximum atomic E-state index is 12.5. The number of halogens is 6. The lowest BCUT2D eigenvalue weighted by atomic mass is 9.96. The fourth-order valence-corrected chi connectivity index (χ4v) is 4.40. The van der Waals surface area contributed by atoms with E-state index in [1.807, 2.05) is 12.1 Å². The Bertz CT molecular complexity index is 880. The third kappa shape index (κ3) is 9.79. The molecule has 0 radical (unpaired) electrons. The minimum atomic E-state index is -5.08. The maximum Gasteiger partial charge on any atom is 0.490 e. The summed E-state index contributed by atoms with van der Waals surface area (Å²) >= 11 is 0. The average Bonchev–Trinajstić information content (AvgIpc) is 3.49. The Hall–Kier alpha value is -2.85. The summed E-state index contributed by atoms with van der Waals surface area (Å²) in [5, 5.41) is 14.2. The van der Waals surface area contributed by atoms with Gasteiger partial charge in [-0.15, -0.1) is 0 Å². The van der Waals surface area contributed by atoms with Crippen molar-refractivity contribution < 1.29 is 60.1 Å². The van der Waals surface area contributed by atoms with Gasteiger partial charge in [0.25, 0.3) is 0 Å². The summed E-state index contributed by atoms with van der Waals surface area (Å²) in [5.41, 5.74) is 0. The van der Waals surface area contributed by atoms with Crippen molar-refractivity contribution in [2.24, 2.45) is 0 Å². The first-order chi connectivity index (χ1) is 17.7. The molecular formula is C22H29F6N3O7. The minimum absolute atomic E-state index is 0.337. The number of rotatable bonds is 5. The molecule has 3 aliphatic rings. The molecule has 16 heteroatoms. The number of amides is 1. The standard InChI is InChI=1S/C18H27N3O3.2C2HF3O2/c22-18-4-3-16-17(5-6-20(16)14-15-2-1-11-24-15)21(18)8-7-19-9-12-23-13-10-19;2*3-2(4,5)1(6)7/h1-2,11,16-17H,3-10,12-14H2;2*(H,6,7)/t16-,17-;;/m1../s1. The predicted octanol–water partition coefficient (Wildman–Crippen LogP) is 2.44. The highest BCUT2D eigenvalue weighted by molar-refractivity contribution is 5.77. The van der Waals surface area contributed by atoms with Crippen molar-refractivity contribution >= 4 is 17.8 Å². The zero-order valence-electron chi connectivity index (χ0n) is 20.2. The topological polar surface area (TPSA) is 124 Å². The lowest BCUT2D eigenvalue weighted by Gasteiger charge is -2.41. The highest BCUT2D eigenvalue weighted by Gasteiger charge is 2.43. The summed E-state index contributed by atoms with van der Waals surface area (Å²) in [7, 11) is 0. The molecule has 0 unspecified atom stereocenters. The molecular weight excluding hydrogens is 532 g/mol. The van der Waals surface area contributed by atoms with Crippen molar-refractivity contribution in [1.82, 2.24) is 14.7 Å². The van der Waals surface area contributed by atoms with E-state index in [0.29, 0.717) is 24.4 Å². The summed E-state index contributed by atoms with van der Waals surface area (Å²) in [5.74, 6) is -4.16. The van der Waals surface area contributed by atoms with Crippen LogP contribution in [0.2, 0.25) is 0 Å². The Morgan fingerprint density at radius 1 is 0.921 bits per heavy atom. The molecule has 1 amide bonds. The van der Waals surface area contributed by atoms with Gasteiger partial charge in [-0.2, -0.15) is 26.3 Å². The van der Waals surface area contributed by atoms with Gasteiger partial charge < -0.3 is 24.3 Å². The van der Waals surface area contributed by atoms with Crippen molar-refractivity contribution in [3.8, 4) is 0 Å². The van der Waals surface area contributed by atoms with Crippen LogP contribution in [0.1, 0.15) is 25.0 Å². The van der Waals surface area contributed by atoms with Crippen molar-refractivity contribution in [3.05, 3.63) is 24.2 Å². The van der Waals surface area contributed by atoms with Crippen LogP contribution in [0.3, 0.4) is 0 Å². The van der Waals surface area contributed by atoms with E-state index in [2.05, 4.69) is 14.7 Å². The Kier molecular flexibility index (Phi) is 11.4. The van der Waals surface area contributed by atoms with Gasteiger partial charge in [0.15, 0.2) is 0 Å². The number of piperidine rings is 1. The molecule has 3 saturated heterocycles. The molecule has 10 nitrogen and oxygen atoms in total. The Labute approximate surface area is 213 Å². The molecule has 38 heavy (non-hydrogen) atoms. The lowest BCUT2D eigenvalue weighted by Crippen LogP contribution is -2.54. The number of ether oxygens (including phenoxy) is 1. The van der Waals surface area contributed by atoms with E-state index in [1.165, 1.54) is 0 Å². The number of carboxylic acids is 2. The molecule has 2 N–H and O–H groups in total. The molecule has 0 bridgehead atoms. The lowest BCUT2D eigenvalue weighted by molar-refractivity contribution is -0.193. The first-order valence-corrected chi connectivity index (χ1v) is 11.7. The van der Waals surface area contributed by atoms with Crippen molar-refractivity contribution in [1.29, 1.82) is 0 Å². The molecule has 0 aromatic carbocycles. The van der Waals surface area contributed by atoms with Gasteiger partial charge in [0, 0.05) is 51.2 Å². The fraction of sp³-hybridized carbons (Fsp3) is 0.682. The number of aliphatic carboxylic acids is 2. The first kappa shape index (κ1) is 31.4. The van der Waals surface area contributed by atoms with E-state index < -0.39 is 24.3 Å². The zero-order chi connectivity index (χ0) is 28.5. The second-order valence-electron chi connectivity index (χ2n) is 8.66. The van der Waals surface area contributed by atoms with Crippen LogP contribution >= 0.6 is 0 Å². The second kappa shape index (κ2) is 13.8. The van der Waals surface area contributed by atoms with Crippen LogP contribution in [0.15, 0.2) is 22.8 Å². The summed E-state index contributed by atoms with van der Waals surface area (Å²) in [4.78, 5) is 37.3. The van der Waals surface area contributed by atoms with Crippen molar-refractivity contribution in [2.75, 3.05) is 45.9 Å². The summed E-state index contributed by atoms with van der Waals surface area (Å²) in [6.07, 6.45) is -5.68. The Morgan fingerprint density at radius 3 is 2.00 bits per heavy atom. The number of nitrogens with zero attached hydrogens (tertiary/aromatic N) is 3. The maximum absolute atomic E-state index is 12.5. The van der Waals surface area contributed by atoms with E-state index in [4.69, 9.17) is 29.0 Å². The molecule has 216 valence electrons. The van der Waals surface area contributed by atoms with Gasteiger partial charge in [-0.25, -0.2) is 9.59 Å². The fourth-order valence-electron chi connectivity index (χ4n) is 4.40. The second-order valence-corrected chi connectivity index (χ2v) is 8.66. The van der Waals surface area contributed by atoms with Crippen LogP contribution in [0, 0.1) is 0 Å². The number of carboxylic acid groups (broad SMARTS) is 2. The van der Waals surface area contributed by atoms with Crippen LogP contribution < -0.4 is 0 Å². The van der Waals surface area contributed by atoms with Crippen LogP contribution in [0.25, 0.3) is 0 Å². The predicted molar refractivity (Wildman–Crippen MR) is 117 cm³/mol. The first-order valence-electron chi connectivity index (χ1n) is 11.7. The quantitative estimate of drug-likeness (QED) is 0.522. The average molecular weight is 561 g/mol. The van der Waals surface area contributed by atoms with E-state index in [1.54, 1.807) is 6.26 Å². The normalized spacial score (nSPS) is 22.6. The van der Waals surface area contributed by atoms with Gasteiger partial charge in [-0.1, -0.05) is 0 Å². The highest BCUT2D eigenvalue weighted by atomic mass is 19.4. The van der Waals surface area contributed by atoms with Crippen LogP contribution in [-0.4, -0.2) is 113 Å². The number of alkyl halides is 6. The summed E-state index contributed by atoms with van der Waals surface area (Å²) in [6, 6.07) is 4.85. The molecule has 4 rings (SSSR count). The molecule has 0 spiro atoms. The van der Waals surface area contributed by atoms with E-state index in [9.17, 15) is 31.1 Å². The zero-order valence-corrected chi connectivity index (χ0v) is 20.2. The van der Waals surface area contributed by atoms with Crippen molar-refractivity contribution in [3.63, 3.8) is 0 Å². The smallest absolute Gasteiger partial charge is 0.475 e. The SMILES string of the molecule is O=C(O)C(F)(F)F.O=C(O)C(F)(F)F.O=C1CC[C@@H]2[C@@H](CCN2Cc2ccco2)N1CCN1CCOCC1. The Morgan fingerprint density at radius 2 is 1.50 bits per heavy atom. The number of morpholine rings is 1. The number of carbonyl (C=O) groups is 3. The highest BCUT2D eigenvalue weighted by Crippen LogP contribution is 2.32. The van der Waals surface area contributed by atoms with Gasteiger partial charge in [0.2, 0.25) is 5.91 Å². The van der Waals surface area contributed by atoms with E-state index >= 15 is 0 Å². The molecule has 1 aromatic heterocycles.